The SMILES string of the molecule is CCCCN1CC(NC(=O)c2ccc(OCc3cc(C)nc4ccccc34)cc2)C(C(=O)NO)C1. The van der Waals surface area contributed by atoms with Gasteiger partial charge in [0, 0.05) is 35.3 Å². The summed E-state index contributed by atoms with van der Waals surface area (Å²) in [4.78, 5) is 31.7. The quantitative estimate of drug-likeness (QED) is 0.323. The standard InChI is InChI=1S/C27H32N4O4/c1-3-4-13-31-15-23(27(33)30-34)25(16-31)29-26(32)19-9-11-21(12-10-19)35-17-20-14-18(2)28-24-8-6-5-7-22(20)24/h5-12,14,23,25,34H,3-4,13,15-17H2,1-2H3,(H,29,32)(H,30,33). The molecule has 0 spiro atoms. The highest BCUT2D eigenvalue weighted by atomic mass is 16.5. The molecule has 0 saturated carbocycles. The van der Waals surface area contributed by atoms with Gasteiger partial charge in [-0.15, -0.1) is 0 Å². The van der Waals surface area contributed by atoms with Gasteiger partial charge in [-0.3, -0.25) is 19.8 Å². The Morgan fingerprint density at radius 1 is 1.14 bits per heavy atom. The van der Waals surface area contributed by atoms with Crippen molar-refractivity contribution in [3.63, 3.8) is 0 Å². The van der Waals surface area contributed by atoms with Gasteiger partial charge in [-0.25, -0.2) is 5.48 Å². The molecule has 3 aromatic rings. The number of nitrogens with one attached hydrogen (secondary N) is 2. The second-order valence-corrected chi connectivity index (χ2v) is 9.03. The lowest BCUT2D eigenvalue weighted by Crippen LogP contribution is -2.45. The second-order valence-electron chi connectivity index (χ2n) is 9.03. The third-order valence-electron chi connectivity index (χ3n) is 6.43. The summed E-state index contributed by atoms with van der Waals surface area (Å²) >= 11 is 0. The van der Waals surface area contributed by atoms with Crippen molar-refractivity contribution in [1.82, 2.24) is 20.7 Å². The molecule has 2 atom stereocenters. The maximum atomic E-state index is 12.9. The van der Waals surface area contributed by atoms with E-state index in [9.17, 15) is 9.59 Å². The molecule has 1 aromatic heterocycles. The predicted octanol–water partition coefficient (Wildman–Crippen LogP) is 3.46. The Hall–Kier alpha value is -3.49. The molecule has 2 amide bonds. The largest absolute Gasteiger partial charge is 0.489 e. The van der Waals surface area contributed by atoms with Gasteiger partial charge in [0.05, 0.1) is 17.5 Å². The van der Waals surface area contributed by atoms with Crippen LogP contribution in [0.4, 0.5) is 0 Å². The van der Waals surface area contributed by atoms with Crippen molar-refractivity contribution in [2.45, 2.75) is 39.3 Å². The molecular formula is C27H32N4O4. The fraction of sp³-hybridized carbons (Fsp3) is 0.370. The van der Waals surface area contributed by atoms with E-state index in [0.717, 1.165) is 41.5 Å². The first-order valence-electron chi connectivity index (χ1n) is 12.0. The molecule has 184 valence electrons. The lowest BCUT2D eigenvalue weighted by molar-refractivity contribution is -0.133. The van der Waals surface area contributed by atoms with Crippen LogP contribution in [0.15, 0.2) is 54.6 Å². The van der Waals surface area contributed by atoms with Gasteiger partial charge >= 0.3 is 0 Å². The Kier molecular flexibility index (Phi) is 7.94. The summed E-state index contributed by atoms with van der Waals surface area (Å²) in [5.41, 5.74) is 5.15. The Bertz CT molecular complexity index is 1180. The minimum atomic E-state index is -0.498. The summed E-state index contributed by atoms with van der Waals surface area (Å²) in [7, 11) is 0. The zero-order valence-electron chi connectivity index (χ0n) is 20.2. The zero-order chi connectivity index (χ0) is 24.8. The third kappa shape index (κ3) is 5.96. The van der Waals surface area contributed by atoms with Crippen LogP contribution in [0.1, 0.15) is 41.4 Å². The minimum absolute atomic E-state index is 0.259. The average Bonchev–Trinajstić information content (AvgIpc) is 3.28. The summed E-state index contributed by atoms with van der Waals surface area (Å²) in [5, 5.41) is 13.1. The minimum Gasteiger partial charge on any atom is -0.489 e. The number of amides is 2. The number of hydroxylamine groups is 1. The van der Waals surface area contributed by atoms with Crippen molar-refractivity contribution in [2.24, 2.45) is 5.92 Å². The third-order valence-corrected chi connectivity index (χ3v) is 6.43. The van der Waals surface area contributed by atoms with Gasteiger partial charge in [-0.05, 0) is 56.3 Å². The van der Waals surface area contributed by atoms with Crippen LogP contribution in [0.25, 0.3) is 10.9 Å². The highest BCUT2D eigenvalue weighted by Gasteiger charge is 2.38. The summed E-state index contributed by atoms with van der Waals surface area (Å²) in [6.45, 7) is 6.41. The molecule has 2 heterocycles. The zero-order valence-corrected chi connectivity index (χ0v) is 20.2. The van der Waals surface area contributed by atoms with Crippen LogP contribution in [-0.4, -0.2) is 52.6 Å². The molecule has 3 N–H and O–H groups in total. The van der Waals surface area contributed by atoms with E-state index in [0.29, 0.717) is 31.0 Å². The first-order chi connectivity index (χ1) is 17.0. The average molecular weight is 477 g/mol. The normalized spacial score (nSPS) is 17.9. The second kappa shape index (κ2) is 11.3. The first-order valence-corrected chi connectivity index (χ1v) is 12.0. The van der Waals surface area contributed by atoms with Crippen LogP contribution in [0, 0.1) is 12.8 Å². The highest BCUT2D eigenvalue weighted by molar-refractivity contribution is 5.95. The smallest absolute Gasteiger partial charge is 0.251 e. The topological polar surface area (TPSA) is 104 Å². The monoisotopic (exact) mass is 476 g/mol. The molecule has 0 bridgehead atoms. The molecule has 0 aliphatic carbocycles. The van der Waals surface area contributed by atoms with E-state index in [4.69, 9.17) is 9.94 Å². The fourth-order valence-corrected chi connectivity index (χ4v) is 4.57. The molecule has 35 heavy (non-hydrogen) atoms. The number of hydrogen-bond acceptors (Lipinski definition) is 6. The van der Waals surface area contributed by atoms with Gasteiger partial charge in [0.15, 0.2) is 0 Å². The van der Waals surface area contributed by atoms with Crippen LogP contribution < -0.4 is 15.5 Å². The van der Waals surface area contributed by atoms with Gasteiger partial charge in [0.25, 0.3) is 5.91 Å². The number of ether oxygens (including phenoxy) is 1. The van der Waals surface area contributed by atoms with E-state index in [1.807, 2.05) is 37.3 Å². The number of rotatable bonds is 9. The Morgan fingerprint density at radius 2 is 1.91 bits per heavy atom. The fourth-order valence-electron chi connectivity index (χ4n) is 4.57. The number of unbranched alkanes of at least 4 members (excludes halogenated alkanes) is 1. The maximum Gasteiger partial charge on any atom is 0.251 e. The number of carbonyl (C=O) groups is 2. The lowest BCUT2D eigenvalue weighted by atomic mass is 10.0. The van der Waals surface area contributed by atoms with Gasteiger partial charge in [0.2, 0.25) is 5.91 Å². The number of fused-ring (bicyclic) bond motifs is 1. The maximum absolute atomic E-state index is 12.9. The highest BCUT2D eigenvalue weighted by Crippen LogP contribution is 2.22. The number of carbonyl (C=O) groups excluding carboxylic acids is 2. The van der Waals surface area contributed by atoms with Crippen molar-refractivity contribution in [3.05, 3.63) is 71.4 Å². The van der Waals surface area contributed by atoms with Crippen LogP contribution in [0.3, 0.4) is 0 Å². The Morgan fingerprint density at radius 3 is 2.66 bits per heavy atom. The van der Waals surface area contributed by atoms with E-state index < -0.39 is 11.8 Å². The number of nitrogens with zero attached hydrogens (tertiary/aromatic N) is 2. The molecular weight excluding hydrogens is 444 g/mol. The number of benzene rings is 2. The molecule has 2 unspecified atom stereocenters. The van der Waals surface area contributed by atoms with Crippen molar-refractivity contribution in [3.8, 4) is 5.75 Å². The van der Waals surface area contributed by atoms with Crippen molar-refractivity contribution in [1.29, 1.82) is 0 Å². The number of aromatic nitrogens is 1. The van der Waals surface area contributed by atoms with Crippen molar-refractivity contribution in [2.75, 3.05) is 19.6 Å². The number of para-hydroxylation sites is 1. The lowest BCUT2D eigenvalue weighted by Gasteiger charge is -2.18. The Balaban J connectivity index is 1.38. The number of hydrogen-bond donors (Lipinski definition) is 3. The van der Waals surface area contributed by atoms with Crippen LogP contribution >= 0.6 is 0 Å². The number of likely N-dealkylation sites (tertiary alicyclic amines) is 1. The molecule has 8 nitrogen and oxygen atoms in total. The van der Waals surface area contributed by atoms with E-state index in [1.165, 1.54) is 0 Å². The van der Waals surface area contributed by atoms with Gasteiger partial charge < -0.3 is 15.0 Å². The van der Waals surface area contributed by atoms with Crippen LogP contribution in [-0.2, 0) is 11.4 Å². The molecule has 8 heteroatoms. The van der Waals surface area contributed by atoms with Gasteiger partial charge in [0.1, 0.15) is 12.4 Å². The van der Waals surface area contributed by atoms with E-state index >= 15 is 0 Å². The summed E-state index contributed by atoms with van der Waals surface area (Å²) in [6, 6.07) is 16.6. The molecule has 2 aromatic carbocycles. The van der Waals surface area contributed by atoms with E-state index in [-0.39, 0.29) is 11.9 Å². The predicted molar refractivity (Wildman–Crippen MR) is 133 cm³/mol. The molecule has 1 fully saturated rings. The molecule has 1 aliphatic rings. The van der Waals surface area contributed by atoms with Crippen molar-refractivity contribution >= 4 is 22.7 Å². The first kappa shape index (κ1) is 24.6. The van der Waals surface area contributed by atoms with E-state index in [2.05, 4.69) is 22.1 Å². The molecule has 0 radical (unpaired) electrons. The van der Waals surface area contributed by atoms with Gasteiger partial charge in [-0.2, -0.15) is 0 Å². The van der Waals surface area contributed by atoms with Crippen LogP contribution in [0.5, 0.6) is 5.75 Å². The number of aryl methyl sites for hydroxylation is 1. The molecule has 4 rings (SSSR count). The van der Waals surface area contributed by atoms with Crippen molar-refractivity contribution < 1.29 is 19.5 Å². The Labute approximate surface area is 205 Å². The molecule has 1 aliphatic heterocycles. The molecule has 1 saturated heterocycles. The number of pyridine rings is 1. The van der Waals surface area contributed by atoms with Crippen LogP contribution in [0.2, 0.25) is 0 Å². The summed E-state index contributed by atoms with van der Waals surface area (Å²) in [6.07, 6.45) is 2.07. The van der Waals surface area contributed by atoms with Gasteiger partial charge in [-0.1, -0.05) is 31.5 Å². The summed E-state index contributed by atoms with van der Waals surface area (Å²) < 4.78 is 5.99. The van der Waals surface area contributed by atoms with E-state index in [1.54, 1.807) is 29.7 Å². The summed E-state index contributed by atoms with van der Waals surface area (Å²) in [5.74, 6) is -0.575.